The Balaban J connectivity index is 1.29. The fraction of sp³-hybridized carbons (Fsp3) is 0.458. The summed E-state index contributed by atoms with van der Waals surface area (Å²) < 4.78 is 1.75. The van der Waals surface area contributed by atoms with Crippen molar-refractivity contribution >= 4 is 40.3 Å². The molecule has 2 saturated heterocycles. The van der Waals surface area contributed by atoms with Crippen LogP contribution in [0.5, 0.6) is 0 Å². The van der Waals surface area contributed by atoms with E-state index in [4.69, 9.17) is 11.6 Å². The molecule has 0 bridgehead atoms. The molecule has 2 amide bonds. The molecule has 0 radical (unpaired) electrons. The molecular formula is C24H28ClN7O2. The topological polar surface area (TPSA) is 87.5 Å². The van der Waals surface area contributed by atoms with Crippen LogP contribution in [-0.4, -0.2) is 79.6 Å². The van der Waals surface area contributed by atoms with E-state index < -0.39 is 0 Å². The van der Waals surface area contributed by atoms with E-state index in [9.17, 15) is 9.59 Å². The van der Waals surface area contributed by atoms with Gasteiger partial charge in [0, 0.05) is 49.7 Å². The number of fused-ring (bicyclic) bond motifs is 1. The molecule has 9 nitrogen and oxygen atoms in total. The molecule has 0 saturated carbocycles. The van der Waals surface area contributed by atoms with Crippen molar-refractivity contribution in [1.82, 2.24) is 29.5 Å². The van der Waals surface area contributed by atoms with E-state index in [1.54, 1.807) is 17.2 Å². The summed E-state index contributed by atoms with van der Waals surface area (Å²) in [7, 11) is 0. The number of amides is 2. The van der Waals surface area contributed by atoms with Gasteiger partial charge in [0.05, 0.1) is 23.2 Å². The second kappa shape index (κ2) is 8.54. The third kappa shape index (κ3) is 4.09. The van der Waals surface area contributed by atoms with Crippen molar-refractivity contribution in [2.45, 2.75) is 32.7 Å². The van der Waals surface area contributed by atoms with E-state index >= 15 is 0 Å². The van der Waals surface area contributed by atoms with Gasteiger partial charge in [-0.25, -0.2) is 14.6 Å². The minimum atomic E-state index is -0.265. The van der Waals surface area contributed by atoms with Crippen LogP contribution in [0.2, 0.25) is 5.02 Å². The Morgan fingerprint density at radius 1 is 1.12 bits per heavy atom. The molecule has 4 heterocycles. The SMILES string of the molecule is CC(C)(C)N1CC(C(=O)N2CCN(c3ncnc4c3cnn4-c3cccc(Cl)c3)CC2)CC1=O. The number of nitrogens with zero attached hydrogens (tertiary/aromatic N) is 7. The first kappa shape index (κ1) is 22.6. The van der Waals surface area contributed by atoms with Crippen molar-refractivity contribution in [3.05, 3.63) is 41.8 Å². The van der Waals surface area contributed by atoms with E-state index in [-0.39, 0.29) is 23.3 Å². The number of anilines is 1. The zero-order valence-electron chi connectivity index (χ0n) is 19.6. The molecule has 3 aromatic rings. The lowest BCUT2D eigenvalue weighted by atomic mass is 10.1. The summed E-state index contributed by atoms with van der Waals surface area (Å²) in [4.78, 5) is 40.4. The standard InChI is InChI=1S/C24H28ClN7O2/c1-24(2,3)31-14-16(11-20(31)33)23(34)30-9-7-29(8-10-30)21-19-13-28-32(22(19)27-15-26-21)18-6-4-5-17(25)12-18/h4-6,12-13,15-16H,7-11,14H2,1-3H3. The molecule has 1 atom stereocenters. The summed E-state index contributed by atoms with van der Waals surface area (Å²) >= 11 is 6.15. The number of aromatic nitrogens is 4. The Kier molecular flexibility index (Phi) is 5.67. The van der Waals surface area contributed by atoms with Crippen LogP contribution < -0.4 is 4.90 Å². The number of carbonyl (C=O) groups excluding carboxylic acids is 2. The smallest absolute Gasteiger partial charge is 0.228 e. The molecule has 0 aliphatic carbocycles. The number of hydrogen-bond acceptors (Lipinski definition) is 6. The van der Waals surface area contributed by atoms with Crippen molar-refractivity contribution in [3.8, 4) is 5.69 Å². The Morgan fingerprint density at radius 3 is 2.56 bits per heavy atom. The molecule has 178 valence electrons. The predicted molar refractivity (Wildman–Crippen MR) is 130 cm³/mol. The summed E-state index contributed by atoms with van der Waals surface area (Å²) in [5, 5.41) is 6.00. The summed E-state index contributed by atoms with van der Waals surface area (Å²) in [5.41, 5.74) is 1.27. The van der Waals surface area contributed by atoms with Crippen LogP contribution in [0.1, 0.15) is 27.2 Å². The van der Waals surface area contributed by atoms with Crippen molar-refractivity contribution in [2.75, 3.05) is 37.6 Å². The largest absolute Gasteiger partial charge is 0.352 e. The summed E-state index contributed by atoms with van der Waals surface area (Å²) in [6.07, 6.45) is 3.61. The maximum Gasteiger partial charge on any atom is 0.228 e. The van der Waals surface area contributed by atoms with Crippen LogP contribution in [0, 0.1) is 5.92 Å². The van der Waals surface area contributed by atoms with Crippen molar-refractivity contribution in [2.24, 2.45) is 5.92 Å². The van der Waals surface area contributed by atoms with Crippen LogP contribution in [0.25, 0.3) is 16.7 Å². The van der Waals surface area contributed by atoms with Gasteiger partial charge in [-0.15, -0.1) is 0 Å². The number of likely N-dealkylation sites (tertiary alicyclic amines) is 1. The van der Waals surface area contributed by atoms with Gasteiger partial charge in [0.15, 0.2) is 5.65 Å². The van der Waals surface area contributed by atoms with Crippen molar-refractivity contribution in [1.29, 1.82) is 0 Å². The second-order valence-electron chi connectivity index (χ2n) is 9.86. The number of piperazine rings is 1. The molecule has 5 rings (SSSR count). The summed E-state index contributed by atoms with van der Waals surface area (Å²) in [6.45, 7) is 9.01. The summed E-state index contributed by atoms with van der Waals surface area (Å²) in [6, 6.07) is 7.47. The average Bonchev–Trinajstić information content (AvgIpc) is 3.42. The lowest BCUT2D eigenvalue weighted by Gasteiger charge is -2.37. The quantitative estimate of drug-likeness (QED) is 0.571. The van der Waals surface area contributed by atoms with Crippen molar-refractivity contribution < 1.29 is 9.59 Å². The molecule has 1 aromatic carbocycles. The first-order valence-electron chi connectivity index (χ1n) is 11.5. The maximum absolute atomic E-state index is 13.1. The van der Waals surface area contributed by atoms with Gasteiger partial charge in [0.2, 0.25) is 11.8 Å². The lowest BCUT2D eigenvalue weighted by Crippen LogP contribution is -2.51. The fourth-order valence-corrected chi connectivity index (χ4v) is 4.98. The van der Waals surface area contributed by atoms with Gasteiger partial charge < -0.3 is 14.7 Å². The first-order chi connectivity index (χ1) is 16.2. The number of halogens is 1. The Bertz CT molecular complexity index is 1240. The molecule has 2 fully saturated rings. The Labute approximate surface area is 203 Å². The van der Waals surface area contributed by atoms with E-state index in [0.29, 0.717) is 49.8 Å². The van der Waals surface area contributed by atoms with Gasteiger partial charge in [-0.1, -0.05) is 17.7 Å². The molecule has 10 heteroatoms. The van der Waals surface area contributed by atoms with E-state index in [2.05, 4.69) is 20.0 Å². The number of rotatable bonds is 3. The Morgan fingerprint density at radius 2 is 1.88 bits per heavy atom. The van der Waals surface area contributed by atoms with Crippen LogP contribution in [0.4, 0.5) is 5.82 Å². The van der Waals surface area contributed by atoms with Crippen LogP contribution in [0.15, 0.2) is 36.8 Å². The third-order valence-corrected chi connectivity index (χ3v) is 6.81. The summed E-state index contributed by atoms with van der Waals surface area (Å²) in [5.74, 6) is 0.672. The number of benzene rings is 1. The fourth-order valence-electron chi connectivity index (χ4n) is 4.80. The van der Waals surface area contributed by atoms with Gasteiger partial charge >= 0.3 is 0 Å². The van der Waals surface area contributed by atoms with E-state index in [1.807, 2.05) is 54.8 Å². The van der Waals surface area contributed by atoms with Gasteiger partial charge in [-0.2, -0.15) is 5.10 Å². The van der Waals surface area contributed by atoms with Crippen molar-refractivity contribution in [3.63, 3.8) is 0 Å². The molecule has 0 N–H and O–H groups in total. The highest BCUT2D eigenvalue weighted by Crippen LogP contribution is 2.29. The number of carbonyl (C=O) groups is 2. The monoisotopic (exact) mass is 481 g/mol. The highest BCUT2D eigenvalue weighted by atomic mass is 35.5. The minimum absolute atomic E-state index is 0.0598. The highest BCUT2D eigenvalue weighted by molar-refractivity contribution is 6.30. The zero-order chi connectivity index (χ0) is 24.0. The highest BCUT2D eigenvalue weighted by Gasteiger charge is 2.41. The van der Waals surface area contributed by atoms with E-state index in [0.717, 1.165) is 16.9 Å². The predicted octanol–water partition coefficient (Wildman–Crippen LogP) is 2.76. The molecule has 2 aliphatic rings. The minimum Gasteiger partial charge on any atom is -0.352 e. The van der Waals surface area contributed by atoms with Gasteiger partial charge in [0.25, 0.3) is 0 Å². The third-order valence-electron chi connectivity index (χ3n) is 6.57. The molecule has 34 heavy (non-hydrogen) atoms. The van der Waals surface area contributed by atoms with Crippen LogP contribution >= 0.6 is 11.6 Å². The maximum atomic E-state index is 13.1. The van der Waals surface area contributed by atoms with Gasteiger partial charge in [-0.05, 0) is 39.0 Å². The zero-order valence-corrected chi connectivity index (χ0v) is 20.4. The molecule has 2 aromatic heterocycles. The first-order valence-corrected chi connectivity index (χ1v) is 11.9. The molecular weight excluding hydrogens is 454 g/mol. The molecule has 2 aliphatic heterocycles. The lowest BCUT2D eigenvalue weighted by molar-refractivity contribution is -0.136. The average molecular weight is 482 g/mol. The van der Waals surface area contributed by atoms with Gasteiger partial charge in [0.1, 0.15) is 12.1 Å². The van der Waals surface area contributed by atoms with Crippen LogP contribution in [0.3, 0.4) is 0 Å². The Hall–Kier alpha value is -3.20. The molecule has 1 unspecified atom stereocenters. The van der Waals surface area contributed by atoms with Crippen LogP contribution in [-0.2, 0) is 9.59 Å². The van der Waals surface area contributed by atoms with E-state index in [1.165, 1.54) is 0 Å². The molecule has 0 spiro atoms. The van der Waals surface area contributed by atoms with Gasteiger partial charge in [-0.3, -0.25) is 9.59 Å². The normalized spacial score (nSPS) is 19.4. The number of hydrogen-bond donors (Lipinski definition) is 0. The second-order valence-corrected chi connectivity index (χ2v) is 10.3.